The minimum absolute atomic E-state index is 0.0520. The number of fused-ring (bicyclic) bond motifs is 1. The average molecular weight is 264 g/mol. The van der Waals surface area contributed by atoms with Crippen molar-refractivity contribution in [1.82, 2.24) is 14.9 Å². The van der Waals surface area contributed by atoms with Crippen molar-refractivity contribution in [2.45, 2.75) is 6.92 Å². The van der Waals surface area contributed by atoms with Gasteiger partial charge in [0.1, 0.15) is 17.0 Å². The second kappa shape index (κ2) is 4.89. The molecule has 2 aromatic rings. The minimum Gasteiger partial charge on any atom is -0.350 e. The molecule has 0 saturated carbocycles. The van der Waals surface area contributed by atoms with Gasteiger partial charge in [-0.05, 0) is 13.0 Å². The predicted octanol–water partition coefficient (Wildman–Crippen LogP) is 1.52. The average Bonchev–Trinajstić information content (AvgIpc) is 2.68. The number of thiophene rings is 1. The Labute approximate surface area is 110 Å². The smallest absolute Gasteiger partial charge is 0.241 e. The Morgan fingerprint density at radius 1 is 1.33 bits per heavy atom. The summed E-state index contributed by atoms with van der Waals surface area (Å²) in [6.45, 7) is 2.36. The van der Waals surface area contributed by atoms with Gasteiger partial charge in [0.25, 0.3) is 0 Å². The first-order valence-electron chi connectivity index (χ1n) is 5.61. The van der Waals surface area contributed by atoms with Gasteiger partial charge in [-0.15, -0.1) is 11.3 Å². The van der Waals surface area contributed by atoms with Crippen molar-refractivity contribution in [3.63, 3.8) is 0 Å². The number of aromatic nitrogens is 2. The standard InChI is InChI=1S/C12H16N4OS/c1-8-5-9-11(13-7-14-12(9)18-8)16(4)6-10(17)15(2)3/h5,7H,6H2,1-4H3. The first-order chi connectivity index (χ1) is 8.49. The molecule has 2 heterocycles. The Hall–Kier alpha value is -1.69. The molecule has 5 nitrogen and oxygen atoms in total. The molecule has 0 N–H and O–H groups in total. The highest BCUT2D eigenvalue weighted by Gasteiger charge is 2.14. The zero-order chi connectivity index (χ0) is 13.3. The number of hydrogen-bond donors (Lipinski definition) is 0. The Kier molecular flexibility index (Phi) is 3.47. The molecular formula is C12H16N4OS. The maximum absolute atomic E-state index is 11.7. The van der Waals surface area contributed by atoms with Crippen molar-refractivity contribution in [3.05, 3.63) is 17.3 Å². The topological polar surface area (TPSA) is 49.3 Å². The van der Waals surface area contributed by atoms with Crippen LogP contribution in [-0.2, 0) is 4.79 Å². The van der Waals surface area contributed by atoms with E-state index in [4.69, 9.17) is 0 Å². The number of carbonyl (C=O) groups is 1. The molecule has 0 unspecified atom stereocenters. The van der Waals surface area contributed by atoms with E-state index in [9.17, 15) is 4.79 Å². The van der Waals surface area contributed by atoms with Crippen LogP contribution < -0.4 is 4.90 Å². The van der Waals surface area contributed by atoms with Crippen LogP contribution in [0.2, 0.25) is 0 Å². The van der Waals surface area contributed by atoms with Gasteiger partial charge in [0, 0.05) is 26.0 Å². The number of carbonyl (C=O) groups excluding carboxylic acids is 1. The van der Waals surface area contributed by atoms with E-state index in [0.29, 0.717) is 6.54 Å². The summed E-state index contributed by atoms with van der Waals surface area (Å²) in [5, 5.41) is 1.01. The van der Waals surface area contributed by atoms with Crippen LogP contribution in [0.15, 0.2) is 12.4 Å². The predicted molar refractivity (Wildman–Crippen MR) is 74.1 cm³/mol. The Morgan fingerprint density at radius 3 is 2.72 bits per heavy atom. The molecule has 0 atom stereocenters. The van der Waals surface area contributed by atoms with Crippen molar-refractivity contribution in [2.75, 3.05) is 32.6 Å². The van der Waals surface area contributed by atoms with Gasteiger partial charge >= 0.3 is 0 Å². The van der Waals surface area contributed by atoms with Gasteiger partial charge in [0.15, 0.2) is 0 Å². The first kappa shape index (κ1) is 12.8. The highest BCUT2D eigenvalue weighted by molar-refractivity contribution is 7.18. The second-order valence-electron chi connectivity index (χ2n) is 4.42. The highest BCUT2D eigenvalue weighted by atomic mass is 32.1. The number of likely N-dealkylation sites (N-methyl/N-ethyl adjacent to an activating group) is 2. The lowest BCUT2D eigenvalue weighted by atomic mass is 10.3. The molecular weight excluding hydrogens is 248 g/mol. The molecule has 2 rings (SSSR count). The summed E-state index contributed by atoms with van der Waals surface area (Å²) in [5.41, 5.74) is 0. The summed E-state index contributed by atoms with van der Waals surface area (Å²) in [7, 11) is 5.37. The lowest BCUT2D eigenvalue weighted by molar-refractivity contribution is -0.127. The van der Waals surface area contributed by atoms with Gasteiger partial charge < -0.3 is 9.80 Å². The third kappa shape index (κ3) is 2.43. The maximum atomic E-state index is 11.7. The largest absolute Gasteiger partial charge is 0.350 e. The van der Waals surface area contributed by atoms with Crippen LogP contribution in [0.5, 0.6) is 0 Å². The Morgan fingerprint density at radius 2 is 2.06 bits per heavy atom. The Bertz CT molecular complexity index is 578. The molecule has 0 radical (unpaired) electrons. The fourth-order valence-corrected chi connectivity index (χ4v) is 2.53. The summed E-state index contributed by atoms with van der Waals surface area (Å²) < 4.78 is 0. The summed E-state index contributed by atoms with van der Waals surface area (Å²) in [4.78, 5) is 25.8. The molecule has 0 bridgehead atoms. The normalized spacial score (nSPS) is 10.7. The zero-order valence-corrected chi connectivity index (χ0v) is 11.8. The highest BCUT2D eigenvalue weighted by Crippen LogP contribution is 2.28. The molecule has 0 saturated heterocycles. The summed E-state index contributed by atoms with van der Waals surface area (Å²) in [6.07, 6.45) is 1.55. The lowest BCUT2D eigenvalue weighted by Crippen LogP contribution is -2.34. The van der Waals surface area contributed by atoms with Gasteiger partial charge in [-0.1, -0.05) is 0 Å². The van der Waals surface area contributed by atoms with Crippen molar-refractivity contribution in [1.29, 1.82) is 0 Å². The van der Waals surface area contributed by atoms with E-state index in [1.54, 1.807) is 36.7 Å². The monoisotopic (exact) mass is 264 g/mol. The number of amides is 1. The van der Waals surface area contributed by atoms with E-state index in [-0.39, 0.29) is 5.91 Å². The van der Waals surface area contributed by atoms with Crippen LogP contribution in [0.3, 0.4) is 0 Å². The van der Waals surface area contributed by atoms with Crippen LogP contribution >= 0.6 is 11.3 Å². The van der Waals surface area contributed by atoms with Crippen LogP contribution in [0.25, 0.3) is 10.2 Å². The molecule has 1 amide bonds. The van der Waals surface area contributed by atoms with E-state index in [1.165, 1.54) is 4.88 Å². The summed E-state index contributed by atoms with van der Waals surface area (Å²) in [5.74, 6) is 0.857. The van der Waals surface area contributed by atoms with Gasteiger partial charge in [-0.3, -0.25) is 4.79 Å². The van der Waals surface area contributed by atoms with E-state index < -0.39 is 0 Å². The number of rotatable bonds is 3. The Balaban J connectivity index is 2.32. The molecule has 6 heteroatoms. The number of nitrogens with zero attached hydrogens (tertiary/aromatic N) is 4. The van der Waals surface area contributed by atoms with Gasteiger partial charge in [-0.25, -0.2) is 9.97 Å². The SMILES string of the molecule is Cc1cc2c(N(C)CC(=O)N(C)C)ncnc2s1. The van der Waals surface area contributed by atoms with E-state index >= 15 is 0 Å². The molecule has 0 spiro atoms. The van der Waals surface area contributed by atoms with E-state index in [1.807, 2.05) is 18.9 Å². The first-order valence-corrected chi connectivity index (χ1v) is 6.43. The number of hydrogen-bond acceptors (Lipinski definition) is 5. The third-order valence-corrected chi connectivity index (χ3v) is 3.62. The van der Waals surface area contributed by atoms with E-state index in [2.05, 4.69) is 16.0 Å². The summed E-state index contributed by atoms with van der Waals surface area (Å²) in [6, 6.07) is 2.06. The quantitative estimate of drug-likeness (QED) is 0.843. The molecule has 0 fully saturated rings. The third-order valence-electron chi connectivity index (χ3n) is 2.66. The molecule has 0 aliphatic rings. The van der Waals surface area contributed by atoms with Crippen LogP contribution in [0.1, 0.15) is 4.88 Å². The van der Waals surface area contributed by atoms with Crippen molar-refractivity contribution in [2.24, 2.45) is 0 Å². The number of aryl methyl sites for hydroxylation is 1. The zero-order valence-electron chi connectivity index (χ0n) is 11.0. The molecule has 0 aromatic carbocycles. The maximum Gasteiger partial charge on any atom is 0.241 e. The lowest BCUT2D eigenvalue weighted by Gasteiger charge is -2.20. The van der Waals surface area contributed by atoms with Crippen LogP contribution in [0.4, 0.5) is 5.82 Å². The van der Waals surface area contributed by atoms with Crippen LogP contribution in [-0.4, -0.2) is 48.5 Å². The summed E-state index contributed by atoms with van der Waals surface area (Å²) >= 11 is 1.64. The van der Waals surface area contributed by atoms with Crippen molar-refractivity contribution >= 4 is 33.3 Å². The molecule has 2 aromatic heterocycles. The fourth-order valence-electron chi connectivity index (χ4n) is 1.69. The van der Waals surface area contributed by atoms with Crippen molar-refractivity contribution in [3.8, 4) is 0 Å². The number of anilines is 1. The second-order valence-corrected chi connectivity index (χ2v) is 5.65. The minimum atomic E-state index is 0.0520. The fraction of sp³-hybridized carbons (Fsp3) is 0.417. The molecule has 0 aliphatic carbocycles. The molecule has 0 aliphatic heterocycles. The van der Waals surface area contributed by atoms with E-state index in [0.717, 1.165) is 16.0 Å². The van der Waals surface area contributed by atoms with Crippen LogP contribution in [0, 0.1) is 6.92 Å². The van der Waals surface area contributed by atoms with Gasteiger partial charge in [0.05, 0.1) is 11.9 Å². The molecule has 96 valence electrons. The van der Waals surface area contributed by atoms with Gasteiger partial charge in [-0.2, -0.15) is 0 Å². The molecule has 18 heavy (non-hydrogen) atoms. The van der Waals surface area contributed by atoms with Crippen molar-refractivity contribution < 1.29 is 4.79 Å². The van der Waals surface area contributed by atoms with Gasteiger partial charge in [0.2, 0.25) is 5.91 Å².